The van der Waals surface area contributed by atoms with Crippen molar-refractivity contribution in [1.82, 2.24) is 10.0 Å². The quantitative estimate of drug-likeness (QED) is 0.869. The zero-order chi connectivity index (χ0) is 15.1. The molecule has 20 heavy (non-hydrogen) atoms. The Morgan fingerprint density at radius 1 is 1.35 bits per heavy atom. The molecule has 1 unspecified atom stereocenters. The first-order chi connectivity index (χ1) is 9.19. The molecule has 7 heteroatoms. The lowest BCUT2D eigenvalue weighted by molar-refractivity contribution is 0.555. The second kappa shape index (κ2) is 5.46. The third-order valence-corrected chi connectivity index (χ3v) is 6.02. The van der Waals surface area contributed by atoms with E-state index in [0.717, 1.165) is 6.42 Å². The first-order valence-electron chi connectivity index (χ1n) is 6.33. The summed E-state index contributed by atoms with van der Waals surface area (Å²) in [6, 6.07) is 2.97. The molecule has 0 bridgehead atoms. The normalized spacial score (nSPS) is 20.9. The van der Waals surface area contributed by atoms with Crippen molar-refractivity contribution in [3.63, 3.8) is 0 Å². The molecule has 0 radical (unpaired) electrons. The standard InChI is InChI=1S/C13H18Cl2N2O2S/c1-13(2)6-11(13)17-20(18,19)10-5-4-9(14)8(7-16-3)12(10)15/h4-5,11,16-17H,6-7H2,1-3H3. The summed E-state index contributed by atoms with van der Waals surface area (Å²) in [4.78, 5) is 0.0801. The highest BCUT2D eigenvalue weighted by molar-refractivity contribution is 7.89. The summed E-state index contributed by atoms with van der Waals surface area (Å²) in [6.45, 7) is 4.46. The number of benzene rings is 1. The van der Waals surface area contributed by atoms with E-state index in [1.165, 1.54) is 6.07 Å². The van der Waals surface area contributed by atoms with Crippen molar-refractivity contribution in [2.24, 2.45) is 5.41 Å². The van der Waals surface area contributed by atoms with Crippen LogP contribution in [-0.4, -0.2) is 21.5 Å². The fourth-order valence-corrected chi connectivity index (χ4v) is 4.36. The Morgan fingerprint density at radius 3 is 2.45 bits per heavy atom. The van der Waals surface area contributed by atoms with E-state index >= 15 is 0 Å². The van der Waals surface area contributed by atoms with Crippen molar-refractivity contribution < 1.29 is 8.42 Å². The summed E-state index contributed by atoms with van der Waals surface area (Å²) in [6.07, 6.45) is 0.834. The van der Waals surface area contributed by atoms with E-state index in [1.807, 2.05) is 13.8 Å². The van der Waals surface area contributed by atoms with Crippen LogP contribution in [0.2, 0.25) is 10.0 Å². The smallest absolute Gasteiger partial charge is 0.242 e. The largest absolute Gasteiger partial charge is 0.316 e. The second-order valence-corrected chi connectivity index (χ2v) is 8.20. The molecule has 0 heterocycles. The predicted octanol–water partition coefficient (Wildman–Crippen LogP) is 2.79. The number of halogens is 2. The fourth-order valence-electron chi connectivity index (χ4n) is 2.04. The van der Waals surface area contributed by atoms with Crippen molar-refractivity contribution in [3.8, 4) is 0 Å². The zero-order valence-corrected chi connectivity index (χ0v) is 14.0. The highest BCUT2D eigenvalue weighted by Gasteiger charge is 2.48. The van der Waals surface area contributed by atoms with Gasteiger partial charge in [-0.15, -0.1) is 0 Å². The van der Waals surface area contributed by atoms with Crippen LogP contribution in [0, 0.1) is 5.41 Å². The Hall–Kier alpha value is -0.330. The molecule has 0 aromatic heterocycles. The molecule has 0 saturated heterocycles. The summed E-state index contributed by atoms with van der Waals surface area (Å²) < 4.78 is 27.5. The highest BCUT2D eigenvalue weighted by Crippen LogP contribution is 2.45. The molecule has 2 N–H and O–H groups in total. The summed E-state index contributed by atoms with van der Waals surface area (Å²) in [5.41, 5.74) is 0.605. The lowest BCUT2D eigenvalue weighted by atomic mass is 10.2. The van der Waals surface area contributed by atoms with Crippen LogP contribution in [-0.2, 0) is 16.6 Å². The number of rotatable bonds is 5. The van der Waals surface area contributed by atoms with Crippen LogP contribution in [0.5, 0.6) is 0 Å². The molecule has 0 aliphatic heterocycles. The van der Waals surface area contributed by atoms with Crippen molar-refractivity contribution in [2.45, 2.75) is 37.8 Å². The van der Waals surface area contributed by atoms with E-state index in [4.69, 9.17) is 23.2 Å². The number of hydrogen-bond acceptors (Lipinski definition) is 3. The minimum atomic E-state index is -3.62. The van der Waals surface area contributed by atoms with Gasteiger partial charge in [-0.1, -0.05) is 37.0 Å². The third kappa shape index (κ3) is 3.12. The SMILES string of the molecule is CNCc1c(Cl)ccc(S(=O)(=O)NC2CC2(C)C)c1Cl. The fraction of sp³-hybridized carbons (Fsp3) is 0.538. The van der Waals surface area contributed by atoms with Gasteiger partial charge < -0.3 is 5.32 Å². The van der Waals surface area contributed by atoms with Crippen molar-refractivity contribution in [2.75, 3.05) is 7.05 Å². The van der Waals surface area contributed by atoms with Crippen LogP contribution in [0.1, 0.15) is 25.8 Å². The average molecular weight is 337 g/mol. The molecule has 1 aromatic carbocycles. The second-order valence-electron chi connectivity index (χ2n) is 5.73. The minimum Gasteiger partial charge on any atom is -0.316 e. The highest BCUT2D eigenvalue weighted by atomic mass is 35.5. The number of sulfonamides is 1. The van der Waals surface area contributed by atoms with Crippen LogP contribution in [0.3, 0.4) is 0 Å². The minimum absolute atomic E-state index is 0.0137. The summed E-state index contributed by atoms with van der Waals surface area (Å²) >= 11 is 12.3. The molecule has 1 aliphatic rings. The van der Waals surface area contributed by atoms with Crippen LogP contribution < -0.4 is 10.0 Å². The van der Waals surface area contributed by atoms with E-state index in [-0.39, 0.29) is 21.4 Å². The van der Waals surface area contributed by atoms with E-state index in [9.17, 15) is 8.42 Å². The number of hydrogen-bond donors (Lipinski definition) is 2. The van der Waals surface area contributed by atoms with Gasteiger partial charge in [0.25, 0.3) is 0 Å². The van der Waals surface area contributed by atoms with Gasteiger partial charge in [0.2, 0.25) is 10.0 Å². The van der Waals surface area contributed by atoms with E-state index in [1.54, 1.807) is 13.1 Å². The lowest BCUT2D eigenvalue weighted by Gasteiger charge is -2.13. The Kier molecular flexibility index (Phi) is 4.38. The average Bonchev–Trinajstić information content (AvgIpc) is 2.90. The van der Waals surface area contributed by atoms with Gasteiger partial charge in [-0.05, 0) is 31.0 Å². The molecular weight excluding hydrogens is 319 g/mol. The molecular formula is C13H18Cl2N2O2S. The van der Waals surface area contributed by atoms with Crippen LogP contribution in [0.25, 0.3) is 0 Å². The van der Waals surface area contributed by atoms with Crippen LogP contribution >= 0.6 is 23.2 Å². The first kappa shape index (κ1) is 16.0. The summed E-state index contributed by atoms with van der Waals surface area (Å²) in [5.74, 6) is 0. The Morgan fingerprint density at radius 2 is 1.95 bits per heavy atom. The molecule has 1 fully saturated rings. The molecule has 1 aliphatic carbocycles. The molecule has 4 nitrogen and oxygen atoms in total. The Bertz CT molecular complexity index is 630. The number of nitrogens with one attached hydrogen (secondary N) is 2. The molecule has 0 amide bonds. The van der Waals surface area contributed by atoms with Gasteiger partial charge in [0, 0.05) is 23.2 Å². The molecule has 1 saturated carbocycles. The Labute approximate surface area is 129 Å². The lowest BCUT2D eigenvalue weighted by Crippen LogP contribution is -2.29. The van der Waals surface area contributed by atoms with Crippen molar-refractivity contribution in [1.29, 1.82) is 0 Å². The van der Waals surface area contributed by atoms with Crippen molar-refractivity contribution in [3.05, 3.63) is 27.7 Å². The molecule has 1 aromatic rings. The molecule has 112 valence electrons. The van der Waals surface area contributed by atoms with Gasteiger partial charge >= 0.3 is 0 Å². The predicted molar refractivity (Wildman–Crippen MR) is 81.7 cm³/mol. The molecule has 2 rings (SSSR count). The maximum atomic E-state index is 12.4. The van der Waals surface area contributed by atoms with E-state index < -0.39 is 10.0 Å². The first-order valence-corrected chi connectivity index (χ1v) is 8.57. The zero-order valence-electron chi connectivity index (χ0n) is 11.6. The van der Waals surface area contributed by atoms with Gasteiger partial charge in [0.1, 0.15) is 4.90 Å². The maximum Gasteiger partial charge on any atom is 0.242 e. The molecule has 0 spiro atoms. The monoisotopic (exact) mass is 336 g/mol. The summed E-state index contributed by atoms with van der Waals surface area (Å²) in [5, 5.41) is 3.56. The van der Waals surface area contributed by atoms with Crippen LogP contribution in [0.4, 0.5) is 0 Å². The maximum absolute atomic E-state index is 12.4. The summed E-state index contributed by atoms with van der Waals surface area (Å²) in [7, 11) is -1.88. The van der Waals surface area contributed by atoms with Gasteiger partial charge in [-0.25, -0.2) is 13.1 Å². The van der Waals surface area contributed by atoms with E-state index in [2.05, 4.69) is 10.0 Å². The van der Waals surface area contributed by atoms with Crippen molar-refractivity contribution >= 4 is 33.2 Å². The van der Waals surface area contributed by atoms with E-state index in [0.29, 0.717) is 17.1 Å². The van der Waals surface area contributed by atoms with Gasteiger partial charge in [-0.3, -0.25) is 0 Å². The topological polar surface area (TPSA) is 58.2 Å². The van der Waals surface area contributed by atoms with Gasteiger partial charge in [-0.2, -0.15) is 0 Å². The van der Waals surface area contributed by atoms with Gasteiger partial charge in [0.15, 0.2) is 0 Å². The van der Waals surface area contributed by atoms with Crippen LogP contribution in [0.15, 0.2) is 17.0 Å². The van der Waals surface area contributed by atoms with Gasteiger partial charge in [0.05, 0.1) is 5.02 Å². The Balaban J connectivity index is 2.35. The third-order valence-electron chi connectivity index (χ3n) is 3.60. The molecule has 1 atom stereocenters.